The molecule has 2 amide bonds. The van der Waals surface area contributed by atoms with E-state index in [9.17, 15) is 9.59 Å². The van der Waals surface area contributed by atoms with Crippen LogP contribution in [0.1, 0.15) is 35.1 Å². The van der Waals surface area contributed by atoms with Gasteiger partial charge in [-0.25, -0.2) is 9.97 Å². The number of likely N-dealkylation sites (tertiary alicyclic amines) is 1. The highest BCUT2D eigenvalue weighted by Crippen LogP contribution is 2.34. The summed E-state index contributed by atoms with van der Waals surface area (Å²) in [6.45, 7) is 0.474. The first-order valence-electron chi connectivity index (χ1n) is 8.66. The van der Waals surface area contributed by atoms with E-state index in [0.29, 0.717) is 24.3 Å². The summed E-state index contributed by atoms with van der Waals surface area (Å²) >= 11 is 0. The molecule has 1 saturated heterocycles. The fraction of sp³-hybridized carbons (Fsp3) is 0.444. The Morgan fingerprint density at radius 3 is 2.73 bits per heavy atom. The van der Waals surface area contributed by atoms with Crippen molar-refractivity contribution in [1.82, 2.24) is 24.8 Å². The molecule has 2 N–H and O–H groups in total. The summed E-state index contributed by atoms with van der Waals surface area (Å²) in [4.78, 5) is 34.9. The van der Waals surface area contributed by atoms with Gasteiger partial charge in [-0.3, -0.25) is 9.59 Å². The van der Waals surface area contributed by atoms with Crippen molar-refractivity contribution in [3.63, 3.8) is 0 Å². The lowest BCUT2D eigenvalue weighted by Crippen LogP contribution is -2.45. The molecular weight excluding hydrogens is 332 g/mol. The van der Waals surface area contributed by atoms with Crippen LogP contribution in [-0.2, 0) is 11.8 Å². The maximum atomic E-state index is 12.4. The number of imidazole rings is 1. The maximum absolute atomic E-state index is 12.4. The molecule has 1 aliphatic rings. The second-order valence-corrected chi connectivity index (χ2v) is 6.54. The Hall–Kier alpha value is -2.90. The van der Waals surface area contributed by atoms with E-state index < -0.39 is 0 Å². The summed E-state index contributed by atoms with van der Waals surface area (Å²) in [5, 5.41) is 5.90. The lowest BCUT2D eigenvalue weighted by molar-refractivity contribution is -0.137. The van der Waals surface area contributed by atoms with E-state index in [0.717, 1.165) is 12.2 Å². The normalized spacial score (nSPS) is 20.1. The van der Waals surface area contributed by atoms with Gasteiger partial charge in [-0.15, -0.1) is 0 Å². The summed E-state index contributed by atoms with van der Waals surface area (Å²) < 4.78 is 1.93. The Morgan fingerprint density at radius 1 is 1.31 bits per heavy atom. The number of hydrogen-bond acceptors (Lipinski definition) is 5. The molecule has 8 nitrogen and oxygen atoms in total. The minimum atomic E-state index is -0.168. The molecular formula is C18H24N6O2. The van der Waals surface area contributed by atoms with Crippen LogP contribution in [0.4, 0.5) is 5.82 Å². The van der Waals surface area contributed by atoms with Crippen molar-refractivity contribution in [2.24, 2.45) is 13.0 Å². The van der Waals surface area contributed by atoms with Crippen molar-refractivity contribution in [1.29, 1.82) is 0 Å². The molecule has 0 aromatic carbocycles. The summed E-state index contributed by atoms with van der Waals surface area (Å²) in [6.07, 6.45) is 6.35. The Kier molecular flexibility index (Phi) is 5.20. The van der Waals surface area contributed by atoms with Crippen molar-refractivity contribution in [2.75, 3.05) is 26.0 Å². The summed E-state index contributed by atoms with van der Waals surface area (Å²) in [6, 6.07) is 3.35. The van der Waals surface area contributed by atoms with E-state index >= 15 is 0 Å². The van der Waals surface area contributed by atoms with Crippen LogP contribution in [-0.4, -0.2) is 51.9 Å². The van der Waals surface area contributed by atoms with E-state index in [4.69, 9.17) is 0 Å². The van der Waals surface area contributed by atoms with Crippen LogP contribution < -0.4 is 10.6 Å². The zero-order chi connectivity index (χ0) is 18.7. The molecule has 2 aromatic rings. The molecule has 1 fully saturated rings. The predicted octanol–water partition coefficient (Wildman–Crippen LogP) is 1.20. The zero-order valence-corrected chi connectivity index (χ0v) is 15.3. The van der Waals surface area contributed by atoms with Crippen molar-refractivity contribution < 1.29 is 9.59 Å². The molecule has 0 radical (unpaired) electrons. The highest BCUT2D eigenvalue weighted by Gasteiger charge is 2.37. The van der Waals surface area contributed by atoms with Gasteiger partial charge in [-0.05, 0) is 18.6 Å². The highest BCUT2D eigenvalue weighted by molar-refractivity contribution is 5.94. The average molecular weight is 356 g/mol. The monoisotopic (exact) mass is 356 g/mol. The van der Waals surface area contributed by atoms with Crippen molar-refractivity contribution in [2.45, 2.75) is 18.9 Å². The van der Waals surface area contributed by atoms with Crippen LogP contribution in [0, 0.1) is 5.92 Å². The number of carbonyl (C=O) groups excluding carboxylic acids is 2. The van der Waals surface area contributed by atoms with Crippen molar-refractivity contribution in [3.05, 3.63) is 42.1 Å². The van der Waals surface area contributed by atoms with Gasteiger partial charge in [-0.2, -0.15) is 0 Å². The maximum Gasteiger partial charge on any atom is 0.252 e. The summed E-state index contributed by atoms with van der Waals surface area (Å²) in [7, 11) is 5.50. The molecule has 2 atom stereocenters. The third kappa shape index (κ3) is 3.54. The van der Waals surface area contributed by atoms with Crippen LogP contribution in [0.5, 0.6) is 0 Å². The van der Waals surface area contributed by atoms with E-state index in [1.807, 2.05) is 17.8 Å². The Bertz CT molecular complexity index is 785. The van der Waals surface area contributed by atoms with Crippen molar-refractivity contribution in [3.8, 4) is 0 Å². The minimum absolute atomic E-state index is 0.104. The molecule has 0 spiro atoms. The number of piperidine rings is 1. The largest absolute Gasteiger partial charge is 0.373 e. The number of pyridine rings is 1. The van der Waals surface area contributed by atoms with Gasteiger partial charge < -0.3 is 20.1 Å². The van der Waals surface area contributed by atoms with E-state index in [2.05, 4.69) is 20.6 Å². The number of rotatable bonds is 5. The number of aromatic nitrogens is 3. The number of anilines is 1. The molecule has 138 valence electrons. The average Bonchev–Trinajstić information content (AvgIpc) is 3.08. The molecule has 2 aromatic heterocycles. The van der Waals surface area contributed by atoms with Crippen LogP contribution in [0.2, 0.25) is 0 Å². The van der Waals surface area contributed by atoms with Gasteiger partial charge in [0.2, 0.25) is 5.91 Å². The quantitative estimate of drug-likeness (QED) is 0.840. The van der Waals surface area contributed by atoms with Gasteiger partial charge in [0.05, 0.1) is 11.6 Å². The smallest absolute Gasteiger partial charge is 0.252 e. The van der Waals surface area contributed by atoms with Crippen LogP contribution >= 0.6 is 0 Å². The number of nitrogens with one attached hydrogen (secondary N) is 2. The third-order valence-corrected chi connectivity index (χ3v) is 4.92. The number of hydrogen-bond donors (Lipinski definition) is 2. The predicted molar refractivity (Wildman–Crippen MR) is 97.6 cm³/mol. The van der Waals surface area contributed by atoms with Crippen molar-refractivity contribution >= 4 is 17.6 Å². The fourth-order valence-electron chi connectivity index (χ4n) is 3.38. The Labute approximate surface area is 152 Å². The molecule has 0 bridgehead atoms. The Balaban J connectivity index is 1.71. The van der Waals surface area contributed by atoms with Gasteiger partial charge >= 0.3 is 0 Å². The van der Waals surface area contributed by atoms with Gasteiger partial charge in [0.25, 0.3) is 5.91 Å². The van der Waals surface area contributed by atoms with E-state index in [1.165, 1.54) is 0 Å². The lowest BCUT2D eigenvalue weighted by atomic mass is 9.88. The zero-order valence-electron chi connectivity index (χ0n) is 15.3. The lowest BCUT2D eigenvalue weighted by Gasteiger charge is -2.38. The molecule has 3 rings (SSSR count). The Morgan fingerprint density at radius 2 is 2.12 bits per heavy atom. The van der Waals surface area contributed by atoms with Gasteiger partial charge in [0, 0.05) is 58.6 Å². The molecule has 0 unspecified atom stereocenters. The molecule has 0 aliphatic carbocycles. The number of carbonyl (C=O) groups is 2. The molecule has 0 saturated carbocycles. The van der Waals surface area contributed by atoms with E-state index in [-0.39, 0.29) is 23.8 Å². The van der Waals surface area contributed by atoms with E-state index in [1.54, 1.807) is 43.5 Å². The topological polar surface area (TPSA) is 92.2 Å². The second kappa shape index (κ2) is 7.55. The molecule has 1 aliphatic heterocycles. The van der Waals surface area contributed by atoms with Gasteiger partial charge in [-0.1, -0.05) is 0 Å². The van der Waals surface area contributed by atoms with Crippen LogP contribution in [0.3, 0.4) is 0 Å². The first-order chi connectivity index (χ1) is 12.5. The van der Waals surface area contributed by atoms with Gasteiger partial charge in [0.1, 0.15) is 11.6 Å². The number of nitrogens with zero attached hydrogens (tertiary/aromatic N) is 4. The number of aryl methyl sites for hydroxylation is 1. The highest BCUT2D eigenvalue weighted by atomic mass is 16.2. The summed E-state index contributed by atoms with van der Waals surface area (Å²) in [5.41, 5.74) is 0.512. The molecule has 3 heterocycles. The molecule has 8 heteroatoms. The van der Waals surface area contributed by atoms with Crippen LogP contribution in [0.25, 0.3) is 0 Å². The minimum Gasteiger partial charge on any atom is -0.373 e. The first-order valence-corrected chi connectivity index (χ1v) is 8.66. The third-order valence-electron chi connectivity index (χ3n) is 4.92. The fourth-order valence-corrected chi connectivity index (χ4v) is 3.38. The van der Waals surface area contributed by atoms with Crippen LogP contribution in [0.15, 0.2) is 30.7 Å². The summed E-state index contributed by atoms with van der Waals surface area (Å²) in [5.74, 6) is 1.58. The van der Waals surface area contributed by atoms with Gasteiger partial charge in [0.15, 0.2) is 0 Å². The standard InChI is InChI=1S/C18H24N6O2/c1-19-14-6-4-13(11-21-14)18(26)22-10-12-5-7-15(25)24(3)16(12)17-20-8-9-23(17)2/h4,6,8-9,11-12,16H,5,7,10H2,1-3H3,(H,19,21)(H,22,26)/t12-,16+/m1/s1. The first kappa shape index (κ1) is 17.9. The second-order valence-electron chi connectivity index (χ2n) is 6.54. The molecule has 26 heavy (non-hydrogen) atoms. The number of amides is 2. The SMILES string of the molecule is CNc1ccc(C(=O)NC[C@H]2CCC(=O)N(C)[C@@H]2c2nccn2C)cn1.